The maximum absolute atomic E-state index is 11.0. The molecule has 0 spiro atoms. The van der Waals surface area contributed by atoms with Gasteiger partial charge in [0.1, 0.15) is 6.61 Å². The van der Waals surface area contributed by atoms with Gasteiger partial charge in [-0.2, -0.15) is 0 Å². The predicted octanol–water partition coefficient (Wildman–Crippen LogP) is 2.79. The lowest BCUT2D eigenvalue weighted by atomic mass is 9.89. The highest BCUT2D eigenvalue weighted by Crippen LogP contribution is 2.19. The van der Waals surface area contributed by atoms with Gasteiger partial charge in [-0.15, -0.1) is 0 Å². The average molecular weight is 227 g/mol. The zero-order valence-corrected chi connectivity index (χ0v) is 10.6. The molecule has 0 aliphatic carbocycles. The van der Waals surface area contributed by atoms with Gasteiger partial charge in [-0.1, -0.05) is 46.1 Å². The first-order valence-corrected chi connectivity index (χ1v) is 6.16. The third-order valence-corrected chi connectivity index (χ3v) is 2.72. The number of rotatable bonds is 9. The highest BCUT2D eigenvalue weighted by molar-refractivity contribution is 5.81. The Morgan fingerprint density at radius 2 is 1.81 bits per heavy atom. The van der Waals surface area contributed by atoms with E-state index in [1.165, 1.54) is 6.08 Å². The molecule has 16 heavy (non-hydrogen) atoms. The van der Waals surface area contributed by atoms with Crippen LogP contribution in [-0.2, 0) is 9.53 Å². The van der Waals surface area contributed by atoms with Crippen molar-refractivity contribution < 1.29 is 9.53 Å². The van der Waals surface area contributed by atoms with Crippen LogP contribution in [0, 0.1) is 0 Å². The van der Waals surface area contributed by atoms with E-state index >= 15 is 0 Å². The summed E-state index contributed by atoms with van der Waals surface area (Å²) in [5.41, 5.74) is 5.91. The third kappa shape index (κ3) is 6.62. The monoisotopic (exact) mass is 227 g/mol. The fraction of sp³-hybridized carbons (Fsp3) is 0.769. The summed E-state index contributed by atoms with van der Waals surface area (Å²) in [6, 6.07) is 0. The zero-order valence-electron chi connectivity index (χ0n) is 10.6. The van der Waals surface area contributed by atoms with Crippen molar-refractivity contribution in [2.24, 2.45) is 5.73 Å². The van der Waals surface area contributed by atoms with Crippen LogP contribution in [0.2, 0.25) is 0 Å². The van der Waals surface area contributed by atoms with Crippen molar-refractivity contribution in [2.45, 2.75) is 57.9 Å². The molecule has 0 aliphatic rings. The van der Waals surface area contributed by atoms with E-state index in [-0.39, 0.29) is 11.5 Å². The van der Waals surface area contributed by atoms with Crippen LogP contribution in [0.5, 0.6) is 0 Å². The van der Waals surface area contributed by atoms with Crippen LogP contribution >= 0.6 is 0 Å². The van der Waals surface area contributed by atoms with Gasteiger partial charge in [0.05, 0.1) is 5.54 Å². The van der Waals surface area contributed by atoms with E-state index in [0.29, 0.717) is 6.61 Å². The average Bonchev–Trinajstić information content (AvgIpc) is 2.31. The fourth-order valence-corrected chi connectivity index (χ4v) is 1.60. The lowest BCUT2D eigenvalue weighted by Gasteiger charge is -2.28. The molecular weight excluding hydrogens is 202 g/mol. The minimum absolute atomic E-state index is 0.303. The number of carbonyl (C=O) groups is 1. The Morgan fingerprint density at radius 1 is 1.31 bits per heavy atom. The first-order valence-electron chi connectivity index (χ1n) is 6.16. The molecular formula is C13H25NO2. The Hall–Kier alpha value is -0.830. The lowest BCUT2D eigenvalue weighted by Crippen LogP contribution is -2.45. The van der Waals surface area contributed by atoms with Crippen LogP contribution in [0.1, 0.15) is 52.4 Å². The van der Waals surface area contributed by atoms with Gasteiger partial charge in [-0.25, -0.2) is 4.79 Å². The van der Waals surface area contributed by atoms with E-state index in [1.807, 2.05) is 0 Å². The maximum Gasteiger partial charge on any atom is 0.330 e. The molecule has 0 heterocycles. The molecule has 94 valence electrons. The number of carbonyl (C=O) groups excluding carboxylic acids is 1. The zero-order chi connectivity index (χ0) is 12.4. The molecule has 0 amide bonds. The SMILES string of the molecule is C=CC(=O)OCC(N)(CCCC)CCCC. The van der Waals surface area contributed by atoms with Crippen LogP contribution in [-0.4, -0.2) is 18.1 Å². The molecule has 0 saturated heterocycles. The van der Waals surface area contributed by atoms with Crippen molar-refractivity contribution in [3.63, 3.8) is 0 Å². The molecule has 0 aromatic rings. The smallest absolute Gasteiger partial charge is 0.330 e. The van der Waals surface area contributed by atoms with Crippen molar-refractivity contribution in [1.82, 2.24) is 0 Å². The molecule has 2 N–H and O–H groups in total. The van der Waals surface area contributed by atoms with Crippen LogP contribution in [0.3, 0.4) is 0 Å². The number of hydrogen-bond donors (Lipinski definition) is 1. The second-order valence-electron chi connectivity index (χ2n) is 4.38. The molecule has 0 rings (SSSR count). The summed E-state index contributed by atoms with van der Waals surface area (Å²) < 4.78 is 5.07. The number of hydrogen-bond acceptors (Lipinski definition) is 3. The first kappa shape index (κ1) is 15.2. The van der Waals surface area contributed by atoms with Crippen molar-refractivity contribution in [3.05, 3.63) is 12.7 Å². The minimum atomic E-state index is -0.386. The largest absolute Gasteiger partial charge is 0.461 e. The summed E-state index contributed by atoms with van der Waals surface area (Å²) in [4.78, 5) is 11.0. The first-order chi connectivity index (χ1) is 7.58. The van der Waals surface area contributed by atoms with Gasteiger partial charge < -0.3 is 10.5 Å². The van der Waals surface area contributed by atoms with Gasteiger partial charge in [0.2, 0.25) is 0 Å². The molecule has 0 bridgehead atoms. The summed E-state index contributed by atoms with van der Waals surface area (Å²) in [5.74, 6) is -0.386. The summed E-state index contributed by atoms with van der Waals surface area (Å²) in [6.45, 7) is 7.94. The summed E-state index contributed by atoms with van der Waals surface area (Å²) >= 11 is 0. The normalized spacial score (nSPS) is 11.2. The van der Waals surface area contributed by atoms with Crippen LogP contribution in [0.15, 0.2) is 12.7 Å². The number of nitrogens with two attached hydrogens (primary N) is 1. The highest BCUT2D eigenvalue weighted by atomic mass is 16.5. The number of ether oxygens (including phenoxy) is 1. The van der Waals surface area contributed by atoms with Crippen molar-refractivity contribution in [2.75, 3.05) is 6.61 Å². The van der Waals surface area contributed by atoms with Gasteiger partial charge in [-0.3, -0.25) is 0 Å². The third-order valence-electron chi connectivity index (χ3n) is 2.72. The predicted molar refractivity (Wildman–Crippen MR) is 67.1 cm³/mol. The summed E-state index contributed by atoms with van der Waals surface area (Å²) in [7, 11) is 0. The minimum Gasteiger partial charge on any atom is -0.461 e. The second-order valence-corrected chi connectivity index (χ2v) is 4.38. The van der Waals surface area contributed by atoms with E-state index in [4.69, 9.17) is 10.5 Å². The quantitative estimate of drug-likeness (QED) is 0.487. The van der Waals surface area contributed by atoms with Gasteiger partial charge in [0.25, 0.3) is 0 Å². The topological polar surface area (TPSA) is 52.3 Å². The Bertz CT molecular complexity index is 206. The lowest BCUT2D eigenvalue weighted by molar-refractivity contribution is -0.139. The Kier molecular flexibility index (Phi) is 7.90. The van der Waals surface area contributed by atoms with Crippen molar-refractivity contribution in [3.8, 4) is 0 Å². The van der Waals surface area contributed by atoms with Crippen LogP contribution in [0.4, 0.5) is 0 Å². The second kappa shape index (κ2) is 8.34. The Morgan fingerprint density at radius 3 is 2.19 bits per heavy atom. The van der Waals surface area contributed by atoms with E-state index in [2.05, 4.69) is 20.4 Å². The standard InChI is InChI=1S/C13H25NO2/c1-4-7-9-13(14,10-8-5-2)11-16-12(15)6-3/h6H,3-5,7-11,14H2,1-2H3. The molecule has 0 aromatic heterocycles. The molecule has 3 nitrogen and oxygen atoms in total. The van der Waals surface area contributed by atoms with Gasteiger partial charge in [0.15, 0.2) is 0 Å². The van der Waals surface area contributed by atoms with Crippen molar-refractivity contribution >= 4 is 5.97 Å². The molecule has 0 fully saturated rings. The molecule has 3 heteroatoms. The van der Waals surface area contributed by atoms with Crippen LogP contribution in [0.25, 0.3) is 0 Å². The number of esters is 1. The maximum atomic E-state index is 11.0. The Labute approximate surface area is 99.0 Å². The van der Waals surface area contributed by atoms with Gasteiger partial charge >= 0.3 is 5.97 Å². The molecule has 0 radical (unpaired) electrons. The summed E-state index contributed by atoms with van der Waals surface area (Å²) in [6.07, 6.45) is 7.38. The highest BCUT2D eigenvalue weighted by Gasteiger charge is 2.25. The van der Waals surface area contributed by atoms with E-state index in [0.717, 1.165) is 38.5 Å². The Balaban J connectivity index is 4.16. The fourth-order valence-electron chi connectivity index (χ4n) is 1.60. The molecule has 0 aliphatic heterocycles. The summed E-state index contributed by atoms with van der Waals surface area (Å²) in [5, 5.41) is 0. The molecule has 0 unspecified atom stereocenters. The molecule has 0 atom stereocenters. The van der Waals surface area contributed by atoms with E-state index < -0.39 is 0 Å². The number of unbranched alkanes of at least 4 members (excludes halogenated alkanes) is 2. The van der Waals surface area contributed by atoms with Crippen molar-refractivity contribution in [1.29, 1.82) is 0 Å². The molecule has 0 aromatic carbocycles. The molecule has 0 saturated carbocycles. The van der Waals surface area contributed by atoms with Crippen LogP contribution < -0.4 is 5.73 Å². The van der Waals surface area contributed by atoms with E-state index in [9.17, 15) is 4.79 Å². The van der Waals surface area contributed by atoms with Gasteiger partial charge in [0, 0.05) is 6.08 Å². The van der Waals surface area contributed by atoms with Gasteiger partial charge in [-0.05, 0) is 12.8 Å². The van der Waals surface area contributed by atoms with E-state index in [1.54, 1.807) is 0 Å².